The van der Waals surface area contributed by atoms with E-state index in [0.717, 1.165) is 5.69 Å². The minimum Gasteiger partial charge on any atom is -0.422 e. The van der Waals surface area contributed by atoms with E-state index in [4.69, 9.17) is 10.0 Å². The Morgan fingerprint density at radius 3 is 2.53 bits per heavy atom. The van der Waals surface area contributed by atoms with Gasteiger partial charge >= 0.3 is 7.12 Å². The van der Waals surface area contributed by atoms with Crippen molar-refractivity contribution in [2.75, 3.05) is 0 Å². The van der Waals surface area contributed by atoms with E-state index in [1.807, 2.05) is 13.0 Å². The van der Waals surface area contributed by atoms with E-state index in [0.29, 0.717) is 5.82 Å². The molecule has 7 heteroatoms. The molecule has 15 heavy (non-hydrogen) atoms. The van der Waals surface area contributed by atoms with Crippen LogP contribution < -0.4 is 5.59 Å². The Morgan fingerprint density at radius 1 is 1.27 bits per heavy atom. The molecule has 2 heterocycles. The zero-order valence-electron chi connectivity index (χ0n) is 8.07. The molecule has 0 unspecified atom stereocenters. The second-order valence-corrected chi connectivity index (χ2v) is 3.07. The summed E-state index contributed by atoms with van der Waals surface area (Å²) in [5, 5.41) is 21.8. The Balaban J connectivity index is 2.31. The predicted octanol–water partition coefficient (Wildman–Crippen LogP) is -1.35. The summed E-state index contributed by atoms with van der Waals surface area (Å²) in [5.41, 5.74) is 0.991. The quantitative estimate of drug-likeness (QED) is 0.591. The van der Waals surface area contributed by atoms with Crippen LogP contribution in [0.1, 0.15) is 5.69 Å². The monoisotopic (exact) mass is 204 g/mol. The highest BCUT2D eigenvalue weighted by Gasteiger charge is 2.13. The van der Waals surface area contributed by atoms with Gasteiger partial charge in [0.15, 0.2) is 5.82 Å². The summed E-state index contributed by atoms with van der Waals surface area (Å²) in [6, 6.07) is 1.84. The van der Waals surface area contributed by atoms with Crippen molar-refractivity contribution in [1.82, 2.24) is 19.7 Å². The minimum atomic E-state index is -1.59. The van der Waals surface area contributed by atoms with Gasteiger partial charge in [-0.25, -0.2) is 9.67 Å². The van der Waals surface area contributed by atoms with Crippen molar-refractivity contribution in [2.45, 2.75) is 6.92 Å². The van der Waals surface area contributed by atoms with Crippen molar-refractivity contribution in [3.8, 4) is 5.82 Å². The largest absolute Gasteiger partial charge is 0.509 e. The van der Waals surface area contributed by atoms with Gasteiger partial charge in [0.1, 0.15) is 0 Å². The molecule has 0 bridgehead atoms. The fraction of sp³-hybridized carbons (Fsp3) is 0.125. The third-order valence-electron chi connectivity index (χ3n) is 1.88. The summed E-state index contributed by atoms with van der Waals surface area (Å²) in [6.07, 6.45) is 4.49. The lowest BCUT2D eigenvalue weighted by atomic mass is 9.87. The van der Waals surface area contributed by atoms with Gasteiger partial charge in [-0.3, -0.25) is 4.98 Å². The highest BCUT2D eigenvalue weighted by molar-refractivity contribution is 6.57. The van der Waals surface area contributed by atoms with Crippen LogP contribution in [0.3, 0.4) is 0 Å². The number of hydrogen-bond acceptors (Lipinski definition) is 5. The first-order valence-corrected chi connectivity index (χ1v) is 4.37. The van der Waals surface area contributed by atoms with Crippen molar-refractivity contribution in [1.29, 1.82) is 0 Å². The summed E-state index contributed by atoms with van der Waals surface area (Å²) in [5.74, 6) is 0.535. The summed E-state index contributed by atoms with van der Waals surface area (Å²) >= 11 is 0. The van der Waals surface area contributed by atoms with Crippen LogP contribution in [0, 0.1) is 6.92 Å². The van der Waals surface area contributed by atoms with E-state index < -0.39 is 7.12 Å². The molecule has 2 aromatic heterocycles. The molecule has 6 nitrogen and oxygen atoms in total. The SMILES string of the molecule is Cc1ccn(-c2cnc(B(O)O)cn2)n1. The molecule has 0 saturated carbocycles. The Kier molecular flexibility index (Phi) is 2.48. The van der Waals surface area contributed by atoms with Gasteiger partial charge in [-0.15, -0.1) is 0 Å². The van der Waals surface area contributed by atoms with Crippen LogP contribution in [0.4, 0.5) is 0 Å². The molecule has 2 N–H and O–H groups in total. The average molecular weight is 204 g/mol. The molecule has 0 saturated heterocycles. The first-order valence-electron chi connectivity index (χ1n) is 4.37. The van der Waals surface area contributed by atoms with Crippen molar-refractivity contribution in [3.63, 3.8) is 0 Å². The first kappa shape index (κ1) is 9.82. The van der Waals surface area contributed by atoms with Gasteiger partial charge in [-0.05, 0) is 13.0 Å². The molecule has 0 amide bonds. The maximum atomic E-state index is 8.82. The molecule has 76 valence electrons. The molecule has 0 radical (unpaired) electrons. The normalized spacial score (nSPS) is 10.3. The van der Waals surface area contributed by atoms with E-state index in [1.165, 1.54) is 12.4 Å². The molecule has 0 fully saturated rings. The van der Waals surface area contributed by atoms with Crippen LogP contribution in [0.25, 0.3) is 5.82 Å². The van der Waals surface area contributed by atoms with Gasteiger partial charge in [0, 0.05) is 12.4 Å². The second-order valence-electron chi connectivity index (χ2n) is 3.07. The van der Waals surface area contributed by atoms with Crippen molar-refractivity contribution >= 4 is 12.7 Å². The van der Waals surface area contributed by atoms with Crippen LogP contribution in [-0.2, 0) is 0 Å². The lowest BCUT2D eigenvalue weighted by molar-refractivity contribution is 0.424. The summed E-state index contributed by atoms with van der Waals surface area (Å²) in [7, 11) is -1.59. The van der Waals surface area contributed by atoms with Gasteiger partial charge in [0.05, 0.1) is 17.5 Å². The van der Waals surface area contributed by atoms with Gasteiger partial charge in [0.25, 0.3) is 0 Å². The molecule has 0 aliphatic rings. The maximum absolute atomic E-state index is 8.82. The molecular weight excluding hydrogens is 195 g/mol. The van der Waals surface area contributed by atoms with Crippen LogP contribution in [0.2, 0.25) is 0 Å². The summed E-state index contributed by atoms with van der Waals surface area (Å²) in [4.78, 5) is 7.84. The topological polar surface area (TPSA) is 84.1 Å². The highest BCUT2D eigenvalue weighted by Crippen LogP contribution is 2.00. The number of aromatic nitrogens is 4. The van der Waals surface area contributed by atoms with E-state index in [1.54, 1.807) is 10.9 Å². The third-order valence-corrected chi connectivity index (χ3v) is 1.88. The minimum absolute atomic E-state index is 0.114. The van der Waals surface area contributed by atoms with Crippen molar-refractivity contribution < 1.29 is 10.0 Å². The lowest BCUT2D eigenvalue weighted by Gasteiger charge is -2.01. The number of rotatable bonds is 2. The van der Waals surface area contributed by atoms with Gasteiger partial charge in [-0.2, -0.15) is 5.10 Å². The van der Waals surface area contributed by atoms with Crippen molar-refractivity contribution in [2.24, 2.45) is 0 Å². The van der Waals surface area contributed by atoms with Crippen LogP contribution in [-0.4, -0.2) is 36.9 Å². The summed E-state index contributed by atoms with van der Waals surface area (Å²) < 4.78 is 1.57. The zero-order chi connectivity index (χ0) is 10.8. The zero-order valence-corrected chi connectivity index (χ0v) is 8.07. The van der Waals surface area contributed by atoms with E-state index in [2.05, 4.69) is 15.1 Å². The van der Waals surface area contributed by atoms with Crippen molar-refractivity contribution in [3.05, 3.63) is 30.4 Å². The Bertz CT molecular complexity index is 454. The number of aryl methyl sites for hydroxylation is 1. The van der Waals surface area contributed by atoms with Crippen LogP contribution in [0.5, 0.6) is 0 Å². The summed E-state index contributed by atoms with van der Waals surface area (Å²) in [6.45, 7) is 1.87. The highest BCUT2D eigenvalue weighted by atomic mass is 16.4. The molecule has 2 rings (SSSR count). The van der Waals surface area contributed by atoms with E-state index in [-0.39, 0.29) is 5.59 Å². The molecule has 0 aliphatic carbocycles. The van der Waals surface area contributed by atoms with E-state index in [9.17, 15) is 0 Å². The molecule has 0 atom stereocenters. The number of hydrogen-bond donors (Lipinski definition) is 2. The molecule has 0 aromatic carbocycles. The fourth-order valence-electron chi connectivity index (χ4n) is 1.13. The molecular formula is C8H9BN4O2. The third kappa shape index (κ3) is 2.03. The van der Waals surface area contributed by atoms with Crippen LogP contribution >= 0.6 is 0 Å². The van der Waals surface area contributed by atoms with Gasteiger partial charge < -0.3 is 10.0 Å². The fourth-order valence-corrected chi connectivity index (χ4v) is 1.13. The number of nitrogens with zero attached hydrogens (tertiary/aromatic N) is 4. The Morgan fingerprint density at radius 2 is 2.07 bits per heavy atom. The average Bonchev–Trinajstić information content (AvgIpc) is 2.65. The molecule has 2 aromatic rings. The maximum Gasteiger partial charge on any atom is 0.509 e. The lowest BCUT2D eigenvalue weighted by Crippen LogP contribution is -2.33. The Hall–Kier alpha value is -1.73. The van der Waals surface area contributed by atoms with E-state index >= 15 is 0 Å². The van der Waals surface area contributed by atoms with Crippen LogP contribution in [0.15, 0.2) is 24.7 Å². The second kappa shape index (κ2) is 3.80. The Labute approximate surface area is 86.4 Å². The molecule has 0 spiro atoms. The smallest absolute Gasteiger partial charge is 0.422 e. The molecule has 0 aliphatic heterocycles. The first-order chi connectivity index (χ1) is 7.16. The predicted molar refractivity (Wildman–Crippen MR) is 53.7 cm³/mol. The standard InChI is InChI=1S/C8H9BN4O2/c1-6-2-3-13(12-6)8-5-10-7(4-11-8)9(14)15/h2-5,14-15H,1H3. The van der Waals surface area contributed by atoms with Gasteiger partial charge in [-0.1, -0.05) is 0 Å². The van der Waals surface area contributed by atoms with Gasteiger partial charge in [0.2, 0.25) is 0 Å².